The van der Waals surface area contributed by atoms with E-state index in [1.165, 1.54) is 0 Å². The molecule has 0 aliphatic heterocycles. The number of aromatic nitrogens is 2. The van der Waals surface area contributed by atoms with Crippen LogP contribution >= 0.6 is 0 Å². The van der Waals surface area contributed by atoms with Gasteiger partial charge in [-0.15, -0.1) is 0 Å². The number of hydrogen-bond donors (Lipinski definition) is 2. The highest BCUT2D eigenvalue weighted by atomic mass is 19.4. The largest absolute Gasteiger partial charge is 0.478 e. The van der Waals surface area contributed by atoms with Crippen molar-refractivity contribution in [3.05, 3.63) is 52.9 Å². The summed E-state index contributed by atoms with van der Waals surface area (Å²) in [7, 11) is 0. The third kappa shape index (κ3) is 3.71. The lowest BCUT2D eigenvalue weighted by Gasteiger charge is -2.11. The van der Waals surface area contributed by atoms with E-state index in [9.17, 15) is 26.7 Å². The lowest BCUT2D eigenvalue weighted by atomic mass is 10.2. The van der Waals surface area contributed by atoms with E-state index in [2.05, 4.69) is 15.3 Å². The van der Waals surface area contributed by atoms with Gasteiger partial charge in [0.15, 0.2) is 5.69 Å². The Morgan fingerprint density at radius 3 is 2.35 bits per heavy atom. The van der Waals surface area contributed by atoms with E-state index in [1.807, 2.05) is 0 Å². The summed E-state index contributed by atoms with van der Waals surface area (Å²) in [5.41, 5.74) is -3.19. The molecule has 1 heterocycles. The number of benzene rings is 1. The minimum absolute atomic E-state index is 0.410. The highest BCUT2D eigenvalue weighted by molar-refractivity contribution is 5.88. The van der Waals surface area contributed by atoms with Crippen LogP contribution in [0, 0.1) is 11.6 Å². The maximum absolute atomic E-state index is 13.4. The molecule has 0 atom stereocenters. The van der Waals surface area contributed by atoms with Gasteiger partial charge < -0.3 is 10.4 Å². The van der Waals surface area contributed by atoms with Gasteiger partial charge in [-0.2, -0.15) is 13.2 Å². The summed E-state index contributed by atoms with van der Waals surface area (Å²) < 4.78 is 65.2. The number of hydrogen-bond acceptors (Lipinski definition) is 4. The highest BCUT2D eigenvalue weighted by Crippen LogP contribution is 2.30. The Balaban J connectivity index is 2.30. The van der Waals surface area contributed by atoms with Gasteiger partial charge in [0, 0.05) is 18.3 Å². The minimum Gasteiger partial charge on any atom is -0.478 e. The maximum Gasteiger partial charge on any atom is 0.434 e. The molecule has 1 aromatic heterocycles. The Morgan fingerprint density at radius 2 is 1.83 bits per heavy atom. The number of aromatic carboxylic acids is 1. The van der Waals surface area contributed by atoms with Crippen molar-refractivity contribution in [3.63, 3.8) is 0 Å². The number of carboxylic acids is 1. The van der Waals surface area contributed by atoms with Crippen LogP contribution < -0.4 is 5.32 Å². The van der Waals surface area contributed by atoms with Crippen LogP contribution in [0.25, 0.3) is 0 Å². The quantitative estimate of drug-likeness (QED) is 0.841. The second-order valence-corrected chi connectivity index (χ2v) is 4.31. The van der Waals surface area contributed by atoms with Crippen molar-refractivity contribution in [1.29, 1.82) is 0 Å². The van der Waals surface area contributed by atoms with E-state index in [0.717, 1.165) is 18.2 Å². The molecule has 0 saturated carbocycles. The zero-order valence-corrected chi connectivity index (χ0v) is 11.2. The number of carboxylic acid groups (broad SMARTS) is 1. The molecule has 0 saturated heterocycles. The van der Waals surface area contributed by atoms with Gasteiger partial charge in [-0.25, -0.2) is 23.5 Å². The molecule has 0 amide bonds. The van der Waals surface area contributed by atoms with Gasteiger partial charge in [0.25, 0.3) is 0 Å². The van der Waals surface area contributed by atoms with Crippen molar-refractivity contribution in [2.24, 2.45) is 0 Å². The zero-order chi connectivity index (χ0) is 17.2. The molecule has 0 radical (unpaired) electrons. The summed E-state index contributed by atoms with van der Waals surface area (Å²) in [6, 6.07) is 3.10. The number of alkyl halides is 3. The van der Waals surface area contributed by atoms with Crippen molar-refractivity contribution in [2.45, 2.75) is 12.7 Å². The molecule has 1 aromatic carbocycles. The van der Waals surface area contributed by atoms with Crippen molar-refractivity contribution < 1.29 is 31.9 Å². The van der Waals surface area contributed by atoms with Crippen LogP contribution in [0.2, 0.25) is 0 Å². The topological polar surface area (TPSA) is 75.1 Å². The first-order chi connectivity index (χ1) is 10.7. The summed E-state index contributed by atoms with van der Waals surface area (Å²) in [6.07, 6.45) is -4.55. The Labute approximate surface area is 125 Å². The molecular formula is C13H8F5N3O2. The predicted octanol–water partition coefficient (Wildman–Crippen LogP) is 3.08. The number of nitrogens with one attached hydrogen (secondary N) is 1. The maximum atomic E-state index is 13.4. The van der Waals surface area contributed by atoms with Gasteiger partial charge in [0.1, 0.15) is 17.2 Å². The molecule has 0 bridgehead atoms. The van der Waals surface area contributed by atoms with Crippen LogP contribution in [-0.4, -0.2) is 21.0 Å². The number of anilines is 1. The van der Waals surface area contributed by atoms with Crippen LogP contribution in [0.5, 0.6) is 0 Å². The van der Waals surface area contributed by atoms with Crippen molar-refractivity contribution in [3.8, 4) is 0 Å². The second-order valence-electron chi connectivity index (χ2n) is 4.31. The molecule has 0 spiro atoms. The van der Waals surface area contributed by atoms with Crippen molar-refractivity contribution in [2.75, 3.05) is 5.32 Å². The summed E-state index contributed by atoms with van der Waals surface area (Å²) >= 11 is 0. The molecule has 10 heteroatoms. The molecule has 2 aromatic rings. The fraction of sp³-hybridized carbons (Fsp3) is 0.154. The molecule has 0 aliphatic carbocycles. The SMILES string of the molecule is O=C(O)c1cnc(NCc2c(F)cccc2F)nc1C(F)(F)F. The van der Waals surface area contributed by atoms with E-state index in [-0.39, 0.29) is 0 Å². The molecule has 122 valence electrons. The van der Waals surface area contributed by atoms with Crippen LogP contribution in [-0.2, 0) is 12.7 Å². The predicted molar refractivity (Wildman–Crippen MR) is 67.7 cm³/mol. The fourth-order valence-electron chi connectivity index (χ4n) is 1.71. The molecule has 0 unspecified atom stereocenters. The standard InChI is InChI=1S/C13H8F5N3O2/c14-8-2-1-3-9(15)6(8)4-19-12-20-5-7(11(22)23)10(21-12)13(16,17)18/h1-3,5H,4H2,(H,22,23)(H,19,20,21). The van der Waals surface area contributed by atoms with E-state index >= 15 is 0 Å². The average molecular weight is 333 g/mol. The Morgan fingerprint density at radius 1 is 1.22 bits per heavy atom. The molecule has 2 N–H and O–H groups in total. The average Bonchev–Trinajstić information content (AvgIpc) is 2.45. The third-order valence-corrected chi connectivity index (χ3v) is 2.77. The molecule has 0 fully saturated rings. The molecule has 23 heavy (non-hydrogen) atoms. The first kappa shape index (κ1) is 16.6. The van der Waals surface area contributed by atoms with Crippen molar-refractivity contribution in [1.82, 2.24) is 9.97 Å². The van der Waals surface area contributed by atoms with Gasteiger partial charge >= 0.3 is 12.1 Å². The zero-order valence-electron chi connectivity index (χ0n) is 11.2. The monoisotopic (exact) mass is 333 g/mol. The van der Waals surface area contributed by atoms with E-state index in [4.69, 9.17) is 5.11 Å². The van der Waals surface area contributed by atoms with Gasteiger partial charge in [-0.05, 0) is 12.1 Å². The Bertz CT molecular complexity index is 729. The highest BCUT2D eigenvalue weighted by Gasteiger charge is 2.38. The van der Waals surface area contributed by atoms with E-state index in [1.54, 1.807) is 0 Å². The lowest BCUT2D eigenvalue weighted by molar-refractivity contribution is -0.141. The second kappa shape index (κ2) is 6.15. The van der Waals surface area contributed by atoms with E-state index in [0.29, 0.717) is 6.20 Å². The molecule has 2 rings (SSSR count). The number of carbonyl (C=O) groups is 1. The Hall–Kier alpha value is -2.78. The fourth-order valence-corrected chi connectivity index (χ4v) is 1.71. The molecular weight excluding hydrogens is 325 g/mol. The number of rotatable bonds is 4. The summed E-state index contributed by atoms with van der Waals surface area (Å²) in [6.45, 7) is -0.512. The van der Waals surface area contributed by atoms with Gasteiger partial charge in [0.2, 0.25) is 5.95 Å². The smallest absolute Gasteiger partial charge is 0.434 e. The summed E-state index contributed by atoms with van der Waals surface area (Å²) in [5, 5.41) is 10.9. The summed E-state index contributed by atoms with van der Waals surface area (Å²) in [4.78, 5) is 17.2. The molecule has 5 nitrogen and oxygen atoms in total. The minimum atomic E-state index is -5.02. The van der Waals surface area contributed by atoms with Crippen molar-refractivity contribution >= 4 is 11.9 Å². The van der Waals surface area contributed by atoms with Crippen LogP contribution in [0.1, 0.15) is 21.6 Å². The first-order valence-electron chi connectivity index (χ1n) is 6.04. The summed E-state index contributed by atoms with van der Waals surface area (Å²) in [5.74, 6) is -4.24. The molecule has 0 aliphatic rings. The normalized spacial score (nSPS) is 11.3. The Kier molecular flexibility index (Phi) is 4.43. The third-order valence-electron chi connectivity index (χ3n) is 2.77. The van der Waals surface area contributed by atoms with Crippen LogP contribution in [0.4, 0.5) is 27.9 Å². The van der Waals surface area contributed by atoms with Crippen LogP contribution in [0.15, 0.2) is 24.4 Å². The van der Waals surface area contributed by atoms with Gasteiger partial charge in [0.05, 0.1) is 0 Å². The van der Waals surface area contributed by atoms with Gasteiger partial charge in [-0.1, -0.05) is 6.07 Å². The van der Waals surface area contributed by atoms with Crippen LogP contribution in [0.3, 0.4) is 0 Å². The first-order valence-corrected chi connectivity index (χ1v) is 6.04. The number of nitrogens with zero attached hydrogens (tertiary/aromatic N) is 2. The number of halogens is 5. The lowest BCUT2D eigenvalue weighted by Crippen LogP contribution is -2.18. The van der Waals surface area contributed by atoms with E-state index < -0.39 is 53.1 Å². The van der Waals surface area contributed by atoms with Gasteiger partial charge in [-0.3, -0.25) is 0 Å².